The van der Waals surface area contributed by atoms with E-state index in [9.17, 15) is 0 Å². The minimum Gasteiger partial charge on any atom is -0.385 e. The molecule has 0 aliphatic rings. The Labute approximate surface area is 98.0 Å². The number of rotatable bonds is 8. The zero-order valence-electron chi connectivity index (χ0n) is 10.6. The Hall–Kier alpha value is -0.870. The van der Waals surface area contributed by atoms with Crippen molar-refractivity contribution in [3.63, 3.8) is 0 Å². The number of aromatic nitrogens is 2. The van der Waals surface area contributed by atoms with Gasteiger partial charge in [0.05, 0.1) is 12.0 Å². The zero-order valence-corrected chi connectivity index (χ0v) is 10.6. The number of nitrogens with one attached hydrogen (secondary N) is 1. The van der Waals surface area contributed by atoms with Crippen LogP contribution in [0.25, 0.3) is 0 Å². The third-order valence-electron chi connectivity index (χ3n) is 2.39. The standard InChI is InChI=1S/C12H23N3O/c1-11(2)13-8-12-9-15(10-14-12)6-4-5-7-16-3/h9-11,13H,4-8H2,1-3H3. The minimum absolute atomic E-state index is 0.506. The number of hydrogen-bond acceptors (Lipinski definition) is 3. The first-order valence-corrected chi connectivity index (χ1v) is 5.95. The molecule has 16 heavy (non-hydrogen) atoms. The van der Waals surface area contributed by atoms with E-state index in [0.717, 1.165) is 38.2 Å². The Morgan fingerprint density at radius 1 is 1.44 bits per heavy atom. The third-order valence-corrected chi connectivity index (χ3v) is 2.39. The number of unbranched alkanes of at least 4 members (excludes halogenated alkanes) is 1. The van der Waals surface area contributed by atoms with Crippen LogP contribution >= 0.6 is 0 Å². The predicted molar refractivity (Wildman–Crippen MR) is 65.3 cm³/mol. The molecule has 1 rings (SSSR count). The van der Waals surface area contributed by atoms with Crippen molar-refractivity contribution in [1.29, 1.82) is 0 Å². The lowest BCUT2D eigenvalue weighted by Gasteiger charge is -2.05. The van der Waals surface area contributed by atoms with Gasteiger partial charge in [-0.2, -0.15) is 0 Å². The quantitative estimate of drug-likeness (QED) is 0.686. The molecule has 1 heterocycles. The number of nitrogens with zero attached hydrogens (tertiary/aromatic N) is 2. The molecule has 0 fully saturated rings. The van der Waals surface area contributed by atoms with Crippen molar-refractivity contribution in [3.8, 4) is 0 Å². The van der Waals surface area contributed by atoms with Crippen LogP contribution in [-0.2, 0) is 17.8 Å². The highest BCUT2D eigenvalue weighted by atomic mass is 16.5. The molecule has 0 aliphatic heterocycles. The molecule has 0 atom stereocenters. The van der Waals surface area contributed by atoms with Crippen LogP contribution < -0.4 is 5.32 Å². The molecule has 0 radical (unpaired) electrons. The van der Waals surface area contributed by atoms with Gasteiger partial charge in [0.1, 0.15) is 0 Å². The summed E-state index contributed by atoms with van der Waals surface area (Å²) in [6.45, 7) is 7.00. The minimum atomic E-state index is 0.506. The van der Waals surface area contributed by atoms with Crippen LogP contribution in [0.5, 0.6) is 0 Å². The van der Waals surface area contributed by atoms with Crippen molar-refractivity contribution < 1.29 is 4.74 Å². The SMILES string of the molecule is COCCCCn1cnc(CNC(C)C)c1. The van der Waals surface area contributed by atoms with Crippen LogP contribution in [0.15, 0.2) is 12.5 Å². The summed E-state index contributed by atoms with van der Waals surface area (Å²) in [5.74, 6) is 0. The van der Waals surface area contributed by atoms with Gasteiger partial charge >= 0.3 is 0 Å². The third kappa shape index (κ3) is 5.28. The normalized spacial score (nSPS) is 11.2. The fourth-order valence-corrected chi connectivity index (χ4v) is 1.47. The topological polar surface area (TPSA) is 39.1 Å². The Morgan fingerprint density at radius 3 is 2.94 bits per heavy atom. The van der Waals surface area contributed by atoms with Gasteiger partial charge < -0.3 is 14.6 Å². The molecule has 0 saturated heterocycles. The Morgan fingerprint density at radius 2 is 2.25 bits per heavy atom. The largest absolute Gasteiger partial charge is 0.385 e. The highest BCUT2D eigenvalue weighted by Gasteiger charge is 1.99. The molecule has 1 aromatic heterocycles. The van der Waals surface area contributed by atoms with Crippen LogP contribution in [0.1, 0.15) is 32.4 Å². The van der Waals surface area contributed by atoms with Crippen molar-refractivity contribution in [2.75, 3.05) is 13.7 Å². The van der Waals surface area contributed by atoms with E-state index in [1.807, 2.05) is 6.33 Å². The maximum Gasteiger partial charge on any atom is 0.0949 e. The number of methoxy groups -OCH3 is 1. The maximum absolute atomic E-state index is 5.02. The maximum atomic E-state index is 5.02. The van der Waals surface area contributed by atoms with Crippen LogP contribution in [-0.4, -0.2) is 29.3 Å². The van der Waals surface area contributed by atoms with E-state index in [0.29, 0.717) is 6.04 Å². The van der Waals surface area contributed by atoms with Gasteiger partial charge in [0, 0.05) is 39.0 Å². The van der Waals surface area contributed by atoms with E-state index in [2.05, 4.69) is 34.9 Å². The molecule has 4 nitrogen and oxygen atoms in total. The van der Waals surface area contributed by atoms with Crippen molar-refractivity contribution in [2.45, 2.75) is 45.8 Å². The van der Waals surface area contributed by atoms with Gasteiger partial charge in [-0.25, -0.2) is 4.98 Å². The highest BCUT2D eigenvalue weighted by molar-refractivity contribution is 4.96. The van der Waals surface area contributed by atoms with Gasteiger partial charge in [-0.3, -0.25) is 0 Å². The van der Waals surface area contributed by atoms with E-state index in [4.69, 9.17) is 4.74 Å². The van der Waals surface area contributed by atoms with Gasteiger partial charge in [0.2, 0.25) is 0 Å². The Balaban J connectivity index is 2.22. The summed E-state index contributed by atoms with van der Waals surface area (Å²) >= 11 is 0. The smallest absolute Gasteiger partial charge is 0.0949 e. The van der Waals surface area contributed by atoms with Gasteiger partial charge in [-0.1, -0.05) is 13.8 Å². The molecular formula is C12H23N3O. The summed E-state index contributed by atoms with van der Waals surface area (Å²) in [5.41, 5.74) is 1.11. The predicted octanol–water partition coefficient (Wildman–Crippen LogP) is 1.81. The molecule has 0 aromatic carbocycles. The molecule has 0 amide bonds. The van der Waals surface area contributed by atoms with Crippen LogP contribution in [0.2, 0.25) is 0 Å². The van der Waals surface area contributed by atoms with Crippen molar-refractivity contribution in [3.05, 3.63) is 18.2 Å². The molecular weight excluding hydrogens is 202 g/mol. The Bertz CT molecular complexity index is 284. The summed E-state index contributed by atoms with van der Waals surface area (Å²) in [6, 6.07) is 0.506. The fourth-order valence-electron chi connectivity index (χ4n) is 1.47. The molecule has 0 aliphatic carbocycles. The zero-order chi connectivity index (χ0) is 11.8. The summed E-state index contributed by atoms with van der Waals surface area (Å²) in [5, 5.41) is 3.36. The fraction of sp³-hybridized carbons (Fsp3) is 0.750. The summed E-state index contributed by atoms with van der Waals surface area (Å²) in [6.07, 6.45) is 6.27. The molecule has 4 heteroatoms. The van der Waals surface area contributed by atoms with E-state index in [1.54, 1.807) is 7.11 Å². The van der Waals surface area contributed by atoms with Crippen molar-refractivity contribution in [1.82, 2.24) is 14.9 Å². The first kappa shape index (κ1) is 13.2. The monoisotopic (exact) mass is 225 g/mol. The second-order valence-electron chi connectivity index (χ2n) is 4.34. The van der Waals surface area contributed by atoms with E-state index < -0.39 is 0 Å². The first-order chi connectivity index (χ1) is 7.72. The lowest BCUT2D eigenvalue weighted by atomic mass is 10.3. The number of aryl methyl sites for hydroxylation is 1. The Kier molecular flexibility index (Phi) is 6.11. The van der Waals surface area contributed by atoms with Gasteiger partial charge in [0.25, 0.3) is 0 Å². The highest BCUT2D eigenvalue weighted by Crippen LogP contribution is 2.00. The lowest BCUT2D eigenvalue weighted by Crippen LogP contribution is -2.21. The van der Waals surface area contributed by atoms with E-state index in [-0.39, 0.29) is 0 Å². The average molecular weight is 225 g/mol. The summed E-state index contributed by atoms with van der Waals surface area (Å²) in [4.78, 5) is 4.36. The van der Waals surface area contributed by atoms with Crippen molar-refractivity contribution in [2.24, 2.45) is 0 Å². The van der Waals surface area contributed by atoms with Crippen LogP contribution in [0.4, 0.5) is 0 Å². The van der Waals surface area contributed by atoms with Gasteiger partial charge in [-0.15, -0.1) is 0 Å². The number of imidazole rings is 1. The molecule has 92 valence electrons. The molecule has 0 bridgehead atoms. The molecule has 1 N–H and O–H groups in total. The van der Waals surface area contributed by atoms with Crippen molar-refractivity contribution >= 4 is 0 Å². The van der Waals surface area contributed by atoms with Gasteiger partial charge in [0.15, 0.2) is 0 Å². The second-order valence-corrected chi connectivity index (χ2v) is 4.34. The molecule has 0 spiro atoms. The molecule has 0 saturated carbocycles. The molecule has 0 unspecified atom stereocenters. The summed E-state index contributed by atoms with van der Waals surface area (Å²) in [7, 11) is 1.74. The molecule has 1 aromatic rings. The number of hydrogen-bond donors (Lipinski definition) is 1. The summed E-state index contributed by atoms with van der Waals surface area (Å²) < 4.78 is 7.16. The van der Waals surface area contributed by atoms with Gasteiger partial charge in [-0.05, 0) is 12.8 Å². The van der Waals surface area contributed by atoms with Crippen LogP contribution in [0, 0.1) is 0 Å². The second kappa shape index (κ2) is 7.41. The number of ether oxygens (including phenoxy) is 1. The average Bonchev–Trinajstić information content (AvgIpc) is 2.70. The first-order valence-electron chi connectivity index (χ1n) is 5.95. The van der Waals surface area contributed by atoms with E-state index >= 15 is 0 Å². The van der Waals surface area contributed by atoms with Crippen LogP contribution in [0.3, 0.4) is 0 Å². The van der Waals surface area contributed by atoms with E-state index in [1.165, 1.54) is 0 Å². The lowest BCUT2D eigenvalue weighted by molar-refractivity contribution is 0.191.